The molecule has 2 rings (SSSR count). The van der Waals surface area contributed by atoms with Gasteiger partial charge < -0.3 is 4.98 Å². The lowest BCUT2D eigenvalue weighted by atomic mass is 9.98. The summed E-state index contributed by atoms with van der Waals surface area (Å²) < 4.78 is 0.502. The summed E-state index contributed by atoms with van der Waals surface area (Å²) in [6.45, 7) is 10.4. The van der Waals surface area contributed by atoms with E-state index in [4.69, 9.17) is 0 Å². The third-order valence-electron chi connectivity index (χ3n) is 2.82. The van der Waals surface area contributed by atoms with Crippen LogP contribution in [-0.2, 0) is 5.41 Å². The second-order valence-corrected chi connectivity index (χ2v) is 7.71. The second kappa shape index (κ2) is 5.41. The van der Waals surface area contributed by atoms with Crippen LogP contribution in [-0.4, -0.2) is 15.0 Å². The maximum Gasteiger partial charge on any atom is 0.265 e. The van der Waals surface area contributed by atoms with E-state index in [0.717, 1.165) is 16.4 Å². The van der Waals surface area contributed by atoms with Gasteiger partial charge in [-0.3, -0.25) is 4.79 Å². The van der Waals surface area contributed by atoms with Crippen molar-refractivity contribution in [2.75, 3.05) is 0 Å². The van der Waals surface area contributed by atoms with E-state index in [1.165, 1.54) is 0 Å². The van der Waals surface area contributed by atoms with Crippen molar-refractivity contribution in [3.63, 3.8) is 0 Å². The minimum atomic E-state index is -0.163. The summed E-state index contributed by atoms with van der Waals surface area (Å²) >= 11 is 4.89. The number of thiazole rings is 1. The molecule has 0 radical (unpaired) electrons. The van der Waals surface area contributed by atoms with Gasteiger partial charge >= 0.3 is 0 Å². The molecule has 4 nitrogen and oxygen atoms in total. The summed E-state index contributed by atoms with van der Waals surface area (Å²) in [5.41, 5.74) is 1.32. The standard InChI is InChI=1S/C14H18BrN3OS/c1-7(2)10-9(15)12(19)18-11(17-10)8-6-20-13(16-8)14(3,4)5/h6-7H,1-5H3,(H,17,18,19). The van der Waals surface area contributed by atoms with Crippen molar-refractivity contribution < 1.29 is 0 Å². The second-order valence-electron chi connectivity index (χ2n) is 6.06. The minimum absolute atomic E-state index is 0.000543. The van der Waals surface area contributed by atoms with Gasteiger partial charge in [0.1, 0.15) is 10.2 Å². The molecule has 2 aromatic rings. The average molecular weight is 356 g/mol. The minimum Gasteiger partial charge on any atom is -0.304 e. The number of nitrogens with one attached hydrogen (secondary N) is 1. The molecular weight excluding hydrogens is 338 g/mol. The Balaban J connectivity index is 2.54. The SMILES string of the molecule is CC(C)c1nc(-c2csc(C(C)(C)C)n2)[nH]c(=O)c1Br. The first-order valence-electron chi connectivity index (χ1n) is 6.46. The van der Waals surface area contributed by atoms with Gasteiger partial charge in [-0.25, -0.2) is 9.97 Å². The topological polar surface area (TPSA) is 58.6 Å². The zero-order valence-corrected chi connectivity index (χ0v) is 14.6. The van der Waals surface area contributed by atoms with Crippen molar-refractivity contribution in [1.82, 2.24) is 15.0 Å². The lowest BCUT2D eigenvalue weighted by Crippen LogP contribution is -2.15. The molecule has 108 valence electrons. The quantitative estimate of drug-likeness (QED) is 0.882. The molecule has 6 heteroatoms. The molecule has 0 amide bonds. The van der Waals surface area contributed by atoms with E-state index >= 15 is 0 Å². The van der Waals surface area contributed by atoms with Crippen LogP contribution in [0.15, 0.2) is 14.6 Å². The molecule has 2 aromatic heterocycles. The van der Waals surface area contributed by atoms with Crippen molar-refractivity contribution in [2.24, 2.45) is 0 Å². The van der Waals surface area contributed by atoms with E-state index < -0.39 is 0 Å². The van der Waals surface area contributed by atoms with E-state index in [2.05, 4.69) is 51.7 Å². The molecule has 0 fully saturated rings. The number of hydrogen-bond donors (Lipinski definition) is 1. The molecule has 20 heavy (non-hydrogen) atoms. The highest BCUT2D eigenvalue weighted by Gasteiger charge is 2.20. The monoisotopic (exact) mass is 355 g/mol. The molecule has 0 aliphatic rings. The lowest BCUT2D eigenvalue weighted by Gasteiger charge is -2.13. The van der Waals surface area contributed by atoms with Crippen molar-refractivity contribution >= 4 is 27.3 Å². The van der Waals surface area contributed by atoms with Crippen LogP contribution >= 0.6 is 27.3 Å². The van der Waals surface area contributed by atoms with Gasteiger partial charge in [-0.2, -0.15) is 0 Å². The van der Waals surface area contributed by atoms with Crippen molar-refractivity contribution in [3.8, 4) is 11.5 Å². The number of aromatic amines is 1. The van der Waals surface area contributed by atoms with Gasteiger partial charge in [-0.15, -0.1) is 11.3 Å². The highest BCUT2D eigenvalue weighted by molar-refractivity contribution is 9.10. The Morgan fingerprint density at radius 3 is 2.45 bits per heavy atom. The number of rotatable bonds is 2. The fourth-order valence-corrected chi connectivity index (χ4v) is 3.24. The van der Waals surface area contributed by atoms with Crippen LogP contribution in [0, 0.1) is 0 Å². The molecule has 0 saturated heterocycles. The number of nitrogens with zero attached hydrogens (tertiary/aromatic N) is 2. The Hall–Kier alpha value is -1.01. The van der Waals surface area contributed by atoms with Gasteiger partial charge in [0, 0.05) is 10.8 Å². The largest absolute Gasteiger partial charge is 0.304 e. The Bertz CT molecular complexity index is 682. The molecule has 0 bridgehead atoms. The summed E-state index contributed by atoms with van der Waals surface area (Å²) in [6.07, 6.45) is 0. The van der Waals surface area contributed by atoms with E-state index in [1.54, 1.807) is 11.3 Å². The lowest BCUT2D eigenvalue weighted by molar-refractivity contribution is 0.585. The number of H-pyrrole nitrogens is 1. The van der Waals surface area contributed by atoms with Crippen LogP contribution < -0.4 is 5.56 Å². The van der Waals surface area contributed by atoms with Crippen LogP contribution in [0.3, 0.4) is 0 Å². The van der Waals surface area contributed by atoms with E-state index in [9.17, 15) is 4.79 Å². The normalized spacial score (nSPS) is 12.2. The summed E-state index contributed by atoms with van der Waals surface area (Å²) in [4.78, 5) is 23.9. The highest BCUT2D eigenvalue weighted by Crippen LogP contribution is 2.29. The first-order chi connectivity index (χ1) is 9.20. The van der Waals surface area contributed by atoms with Gasteiger partial charge in [-0.05, 0) is 21.8 Å². The molecule has 2 heterocycles. The van der Waals surface area contributed by atoms with Crippen molar-refractivity contribution in [3.05, 3.63) is 30.9 Å². The Morgan fingerprint density at radius 2 is 1.95 bits per heavy atom. The maximum atomic E-state index is 12.0. The molecule has 0 aromatic carbocycles. The predicted molar refractivity (Wildman–Crippen MR) is 86.5 cm³/mol. The Kier molecular flexibility index (Phi) is 4.16. The third kappa shape index (κ3) is 3.01. The molecule has 0 aliphatic carbocycles. The smallest absolute Gasteiger partial charge is 0.265 e. The molecule has 0 aliphatic heterocycles. The summed E-state index contributed by atoms with van der Waals surface area (Å²) in [5, 5.41) is 2.97. The molecule has 0 saturated carbocycles. The first kappa shape index (κ1) is 15.4. The predicted octanol–water partition coefficient (Wildman–Crippen LogP) is 4.08. The van der Waals surface area contributed by atoms with Crippen molar-refractivity contribution in [2.45, 2.75) is 46.0 Å². The van der Waals surface area contributed by atoms with Crippen LogP contribution in [0.5, 0.6) is 0 Å². The zero-order valence-electron chi connectivity index (χ0n) is 12.2. The molecule has 0 unspecified atom stereocenters. The van der Waals surface area contributed by atoms with Gasteiger partial charge in [0.25, 0.3) is 5.56 Å². The maximum absolute atomic E-state index is 12.0. The van der Waals surface area contributed by atoms with Crippen LogP contribution in [0.25, 0.3) is 11.5 Å². The third-order valence-corrected chi connectivity index (χ3v) is 4.86. The number of aromatic nitrogens is 3. The van der Waals surface area contributed by atoms with Crippen molar-refractivity contribution in [1.29, 1.82) is 0 Å². The summed E-state index contributed by atoms with van der Waals surface area (Å²) in [7, 11) is 0. The summed E-state index contributed by atoms with van der Waals surface area (Å²) in [5.74, 6) is 0.708. The van der Waals surface area contributed by atoms with E-state index in [0.29, 0.717) is 10.3 Å². The van der Waals surface area contributed by atoms with Gasteiger partial charge in [0.2, 0.25) is 0 Å². The van der Waals surface area contributed by atoms with Gasteiger partial charge in [0.15, 0.2) is 5.82 Å². The van der Waals surface area contributed by atoms with E-state index in [-0.39, 0.29) is 16.9 Å². The van der Waals surface area contributed by atoms with E-state index in [1.807, 2.05) is 19.2 Å². The van der Waals surface area contributed by atoms with Gasteiger partial charge in [-0.1, -0.05) is 34.6 Å². The summed E-state index contributed by atoms with van der Waals surface area (Å²) in [6, 6.07) is 0. The molecule has 1 N–H and O–H groups in total. The Morgan fingerprint density at radius 1 is 1.30 bits per heavy atom. The van der Waals surface area contributed by atoms with Gasteiger partial charge in [0.05, 0.1) is 10.7 Å². The molecular formula is C14H18BrN3OS. The van der Waals surface area contributed by atoms with Crippen LogP contribution in [0.2, 0.25) is 0 Å². The fraction of sp³-hybridized carbons (Fsp3) is 0.500. The highest BCUT2D eigenvalue weighted by atomic mass is 79.9. The fourth-order valence-electron chi connectivity index (χ4n) is 1.71. The zero-order chi connectivity index (χ0) is 15.1. The Labute approximate surface area is 130 Å². The number of halogens is 1. The number of hydrogen-bond acceptors (Lipinski definition) is 4. The van der Waals surface area contributed by atoms with Crippen LogP contribution in [0.1, 0.15) is 51.2 Å². The first-order valence-corrected chi connectivity index (χ1v) is 8.13. The average Bonchev–Trinajstić information content (AvgIpc) is 2.81. The molecule has 0 spiro atoms. The molecule has 0 atom stereocenters. The van der Waals surface area contributed by atoms with Crippen LogP contribution in [0.4, 0.5) is 0 Å².